The second-order valence-electron chi connectivity index (χ2n) is 2.20. The Morgan fingerprint density at radius 2 is 2.40 bits per heavy atom. The molecule has 1 aromatic heterocycles. The minimum Gasteiger partial charge on any atom is -0.181 e. The van der Waals surface area contributed by atoms with Crippen molar-refractivity contribution >= 4 is 11.3 Å². The van der Waals surface area contributed by atoms with Gasteiger partial charge >= 0.3 is 0 Å². The molecular formula is C8H10NS+. The van der Waals surface area contributed by atoms with E-state index < -0.39 is 0 Å². The summed E-state index contributed by atoms with van der Waals surface area (Å²) < 4.78 is 2.08. The number of terminal acetylenes is 1. The third kappa shape index (κ3) is 1.19. The third-order valence-electron chi connectivity index (χ3n) is 1.56. The van der Waals surface area contributed by atoms with Crippen molar-refractivity contribution in [3.05, 3.63) is 16.1 Å². The minimum atomic E-state index is 0.691. The second-order valence-corrected chi connectivity index (χ2v) is 3.26. The SMILES string of the molecule is C#CC[n+]1csc(C)c1C. The van der Waals surface area contributed by atoms with Gasteiger partial charge in [-0.15, -0.1) is 6.42 Å². The number of thiazole rings is 1. The van der Waals surface area contributed by atoms with Crippen LogP contribution in [-0.4, -0.2) is 0 Å². The van der Waals surface area contributed by atoms with Gasteiger partial charge in [0.1, 0.15) is 0 Å². The van der Waals surface area contributed by atoms with Crippen LogP contribution in [0.1, 0.15) is 10.6 Å². The number of rotatable bonds is 1. The van der Waals surface area contributed by atoms with Crippen LogP contribution in [0.25, 0.3) is 0 Å². The molecule has 0 spiro atoms. The van der Waals surface area contributed by atoms with Crippen molar-refractivity contribution in [3.63, 3.8) is 0 Å². The van der Waals surface area contributed by atoms with Crippen LogP contribution in [0, 0.1) is 26.2 Å². The zero-order valence-electron chi connectivity index (χ0n) is 6.22. The molecule has 52 valence electrons. The molecule has 1 rings (SSSR count). The molecule has 0 aromatic carbocycles. The maximum Gasteiger partial charge on any atom is 0.226 e. The normalized spacial score (nSPS) is 9.30. The van der Waals surface area contributed by atoms with Gasteiger partial charge in [-0.2, -0.15) is 4.57 Å². The van der Waals surface area contributed by atoms with Crippen molar-refractivity contribution in [1.82, 2.24) is 0 Å². The van der Waals surface area contributed by atoms with Gasteiger partial charge in [0.25, 0.3) is 0 Å². The Morgan fingerprint density at radius 1 is 1.70 bits per heavy atom. The summed E-state index contributed by atoms with van der Waals surface area (Å²) in [7, 11) is 0. The molecule has 0 aliphatic carbocycles. The number of hydrogen-bond acceptors (Lipinski definition) is 1. The summed E-state index contributed by atoms with van der Waals surface area (Å²) in [5, 5.41) is 0. The van der Waals surface area contributed by atoms with Crippen LogP contribution in [-0.2, 0) is 6.54 Å². The van der Waals surface area contributed by atoms with Gasteiger partial charge in [0, 0.05) is 6.92 Å². The first-order valence-electron chi connectivity index (χ1n) is 3.13. The lowest BCUT2D eigenvalue weighted by Gasteiger charge is -1.85. The molecule has 0 fully saturated rings. The summed E-state index contributed by atoms with van der Waals surface area (Å²) in [5.74, 6) is 2.61. The van der Waals surface area contributed by atoms with Crippen molar-refractivity contribution in [2.75, 3.05) is 0 Å². The lowest BCUT2D eigenvalue weighted by Crippen LogP contribution is -2.33. The van der Waals surface area contributed by atoms with E-state index in [4.69, 9.17) is 6.42 Å². The average Bonchev–Trinajstić information content (AvgIpc) is 2.20. The minimum absolute atomic E-state index is 0.691. The Bertz CT molecular complexity index is 267. The molecule has 0 amide bonds. The van der Waals surface area contributed by atoms with E-state index in [2.05, 4.69) is 29.8 Å². The Labute approximate surface area is 65.3 Å². The highest BCUT2D eigenvalue weighted by Crippen LogP contribution is 2.06. The molecule has 0 atom stereocenters. The van der Waals surface area contributed by atoms with Crippen LogP contribution in [0.5, 0.6) is 0 Å². The van der Waals surface area contributed by atoms with Gasteiger partial charge in [-0.25, -0.2) is 0 Å². The summed E-state index contributed by atoms with van der Waals surface area (Å²) in [6.07, 6.45) is 5.17. The van der Waals surface area contributed by atoms with Gasteiger partial charge in [0.05, 0.1) is 4.88 Å². The summed E-state index contributed by atoms with van der Waals surface area (Å²) >= 11 is 1.74. The molecule has 0 aliphatic heterocycles. The number of nitrogens with zero attached hydrogens (tertiary/aromatic N) is 1. The molecule has 1 nitrogen and oxygen atoms in total. The van der Waals surface area contributed by atoms with Crippen LogP contribution in [0.15, 0.2) is 5.51 Å². The first-order valence-corrected chi connectivity index (χ1v) is 4.01. The zero-order chi connectivity index (χ0) is 7.56. The molecule has 1 aromatic rings. The van der Waals surface area contributed by atoms with E-state index in [0.717, 1.165) is 0 Å². The molecule has 2 heteroatoms. The van der Waals surface area contributed by atoms with Crippen LogP contribution in [0.4, 0.5) is 0 Å². The van der Waals surface area contributed by atoms with E-state index in [0.29, 0.717) is 6.54 Å². The molecule has 0 N–H and O–H groups in total. The van der Waals surface area contributed by atoms with Crippen LogP contribution >= 0.6 is 11.3 Å². The summed E-state index contributed by atoms with van der Waals surface area (Å²) in [6, 6.07) is 0. The maximum atomic E-state index is 5.17. The third-order valence-corrected chi connectivity index (χ3v) is 2.57. The zero-order valence-corrected chi connectivity index (χ0v) is 7.03. The van der Waals surface area contributed by atoms with Crippen molar-refractivity contribution in [3.8, 4) is 12.3 Å². The molecule has 1 heterocycles. The average molecular weight is 152 g/mol. The van der Waals surface area contributed by atoms with Crippen LogP contribution in [0.2, 0.25) is 0 Å². The fourth-order valence-corrected chi connectivity index (χ4v) is 1.57. The highest BCUT2D eigenvalue weighted by Gasteiger charge is 2.08. The van der Waals surface area contributed by atoms with Gasteiger partial charge < -0.3 is 0 Å². The highest BCUT2D eigenvalue weighted by molar-refractivity contribution is 7.09. The fourth-order valence-electron chi connectivity index (χ4n) is 0.763. The smallest absolute Gasteiger partial charge is 0.181 e. The van der Waals surface area contributed by atoms with Gasteiger partial charge in [0.2, 0.25) is 12.1 Å². The van der Waals surface area contributed by atoms with E-state index in [1.807, 2.05) is 0 Å². The Kier molecular flexibility index (Phi) is 2.08. The van der Waals surface area contributed by atoms with Crippen molar-refractivity contribution in [2.24, 2.45) is 0 Å². The van der Waals surface area contributed by atoms with Crippen LogP contribution in [0.3, 0.4) is 0 Å². The molecule has 0 aliphatic rings. The van der Waals surface area contributed by atoms with E-state index in [1.165, 1.54) is 10.6 Å². The fraction of sp³-hybridized carbons (Fsp3) is 0.375. The topological polar surface area (TPSA) is 3.88 Å². The second kappa shape index (κ2) is 2.85. The van der Waals surface area contributed by atoms with Crippen molar-refractivity contribution < 1.29 is 4.57 Å². The standard InChI is InChI=1S/C8H10NS/c1-4-5-9-6-10-8(3)7(9)2/h1,6H,5H2,2-3H3/q+1. The van der Waals surface area contributed by atoms with Crippen molar-refractivity contribution in [2.45, 2.75) is 20.4 Å². The van der Waals surface area contributed by atoms with Crippen molar-refractivity contribution in [1.29, 1.82) is 0 Å². The highest BCUT2D eigenvalue weighted by atomic mass is 32.1. The van der Waals surface area contributed by atoms with Gasteiger partial charge in [-0.05, 0) is 12.8 Å². The first-order chi connectivity index (χ1) is 4.75. The Balaban J connectivity index is 2.96. The molecule has 0 radical (unpaired) electrons. The molecule has 0 saturated heterocycles. The quantitative estimate of drug-likeness (QED) is 0.421. The lowest BCUT2D eigenvalue weighted by atomic mass is 10.4. The summed E-state index contributed by atoms with van der Waals surface area (Å²) in [5.41, 5.74) is 3.34. The van der Waals surface area contributed by atoms with E-state index in [9.17, 15) is 0 Å². The summed E-state index contributed by atoms with van der Waals surface area (Å²) in [4.78, 5) is 1.34. The Morgan fingerprint density at radius 3 is 2.80 bits per heavy atom. The van der Waals surface area contributed by atoms with E-state index in [1.54, 1.807) is 11.3 Å². The van der Waals surface area contributed by atoms with E-state index in [-0.39, 0.29) is 0 Å². The largest absolute Gasteiger partial charge is 0.226 e. The number of hydrogen-bond donors (Lipinski definition) is 0. The van der Waals surface area contributed by atoms with Gasteiger partial charge in [0.15, 0.2) is 5.69 Å². The number of aryl methyl sites for hydroxylation is 1. The predicted octanol–water partition coefficient (Wildman–Crippen LogP) is 1.29. The maximum absolute atomic E-state index is 5.17. The van der Waals surface area contributed by atoms with Crippen LogP contribution < -0.4 is 4.57 Å². The summed E-state index contributed by atoms with van der Waals surface area (Å²) in [6.45, 7) is 4.88. The first kappa shape index (κ1) is 7.30. The van der Waals surface area contributed by atoms with Gasteiger partial charge in [-0.1, -0.05) is 11.3 Å². The molecular weight excluding hydrogens is 142 g/mol. The molecule has 0 saturated carbocycles. The van der Waals surface area contributed by atoms with E-state index >= 15 is 0 Å². The molecule has 10 heavy (non-hydrogen) atoms. The predicted molar refractivity (Wildman–Crippen MR) is 42.8 cm³/mol. The monoisotopic (exact) mass is 152 g/mol. The van der Waals surface area contributed by atoms with Gasteiger partial charge in [-0.3, -0.25) is 0 Å². The molecule has 0 bridgehead atoms. The Hall–Kier alpha value is -0.810. The lowest BCUT2D eigenvalue weighted by molar-refractivity contribution is -0.686. The molecule has 0 unspecified atom stereocenters. The number of aromatic nitrogens is 1.